The highest BCUT2D eigenvalue weighted by atomic mass is 35.5. The largest absolute Gasteiger partial charge is 0.459 e. The maximum atomic E-state index is 14.5. The van der Waals surface area contributed by atoms with Crippen LogP contribution in [0.2, 0.25) is 5.02 Å². The molecule has 0 bridgehead atoms. The predicted molar refractivity (Wildman–Crippen MR) is 107 cm³/mol. The molecular weight excluding hydrogens is 478 g/mol. The molecule has 0 radical (unpaired) electrons. The quantitative estimate of drug-likeness (QED) is 0.283. The number of nitrogens with two attached hydrogens (primary N) is 1. The second kappa shape index (κ2) is 9.10. The summed E-state index contributed by atoms with van der Waals surface area (Å²) in [6.45, 7) is 5.54. The highest BCUT2D eigenvalue weighted by Crippen LogP contribution is 2.28. The van der Waals surface area contributed by atoms with E-state index >= 15 is 0 Å². The molecule has 1 aromatic heterocycles. The third kappa shape index (κ3) is 5.25. The summed E-state index contributed by atoms with van der Waals surface area (Å²) in [5, 5.41) is -0.537. The van der Waals surface area contributed by atoms with E-state index < -0.39 is 67.4 Å². The monoisotopic (exact) mass is 493 g/mol. The number of carbonyl (C=O) groups excluding carboxylic acids is 2. The van der Waals surface area contributed by atoms with Crippen molar-refractivity contribution in [3.63, 3.8) is 0 Å². The predicted octanol–water partition coefficient (Wildman–Crippen LogP) is 2.19. The van der Waals surface area contributed by atoms with Crippen molar-refractivity contribution < 1.29 is 36.6 Å². The number of rotatable bonds is 6. The summed E-state index contributed by atoms with van der Waals surface area (Å²) >= 11 is 5.86. The molecule has 33 heavy (non-hydrogen) atoms. The van der Waals surface area contributed by atoms with Crippen molar-refractivity contribution in [1.82, 2.24) is 9.24 Å². The van der Waals surface area contributed by atoms with Gasteiger partial charge in [-0.05, 0) is 26.0 Å². The molecule has 1 aromatic carbocycles. The van der Waals surface area contributed by atoms with Gasteiger partial charge >= 0.3 is 23.8 Å². The summed E-state index contributed by atoms with van der Waals surface area (Å²) < 4.78 is 62.8. The van der Waals surface area contributed by atoms with Gasteiger partial charge in [0, 0.05) is 6.07 Å². The van der Waals surface area contributed by atoms with Gasteiger partial charge in [-0.25, -0.2) is 28.0 Å². The van der Waals surface area contributed by atoms with Gasteiger partial charge in [0.1, 0.15) is 12.4 Å². The van der Waals surface area contributed by atoms with E-state index in [0.29, 0.717) is 12.1 Å². The van der Waals surface area contributed by atoms with Crippen LogP contribution in [0.4, 0.5) is 17.6 Å². The van der Waals surface area contributed by atoms with E-state index in [0.717, 1.165) is 0 Å². The number of halogens is 5. The van der Waals surface area contributed by atoms with Crippen LogP contribution < -0.4 is 17.1 Å². The van der Waals surface area contributed by atoms with E-state index in [1.54, 1.807) is 0 Å². The van der Waals surface area contributed by atoms with Gasteiger partial charge in [0.05, 0.1) is 16.3 Å². The van der Waals surface area contributed by atoms with Crippen molar-refractivity contribution in [1.29, 1.82) is 0 Å². The number of esters is 2. The van der Waals surface area contributed by atoms with E-state index in [-0.39, 0.29) is 17.2 Å². The summed E-state index contributed by atoms with van der Waals surface area (Å²) in [4.78, 5) is 49.1. The molecular formula is C19H16ClF4N3O6. The normalized spacial score (nSPS) is 11.7. The molecule has 0 aliphatic carbocycles. The topological polar surface area (TPSA) is 123 Å². The molecule has 9 nitrogen and oxygen atoms in total. The molecule has 0 aliphatic rings. The van der Waals surface area contributed by atoms with Gasteiger partial charge < -0.3 is 15.3 Å². The third-order valence-electron chi connectivity index (χ3n) is 4.10. The first-order valence-electron chi connectivity index (χ1n) is 8.84. The number of hydrogen-bond acceptors (Lipinski definition) is 7. The molecule has 1 heterocycles. The van der Waals surface area contributed by atoms with Crippen LogP contribution in [0.3, 0.4) is 0 Å². The van der Waals surface area contributed by atoms with Crippen LogP contribution in [-0.2, 0) is 20.4 Å². The van der Waals surface area contributed by atoms with Crippen molar-refractivity contribution in [2.24, 2.45) is 0 Å². The Kier molecular flexibility index (Phi) is 7.07. The molecule has 0 aliphatic heterocycles. The number of hydrogen-bond donors (Lipinski definition) is 1. The molecule has 178 valence electrons. The van der Waals surface area contributed by atoms with Crippen molar-refractivity contribution in [2.75, 3.05) is 12.4 Å². The van der Waals surface area contributed by atoms with Crippen LogP contribution in [0.5, 0.6) is 0 Å². The maximum absolute atomic E-state index is 14.5. The Morgan fingerprint density at radius 1 is 1.21 bits per heavy atom. The highest BCUT2D eigenvalue weighted by Gasteiger charge is 2.37. The van der Waals surface area contributed by atoms with Crippen LogP contribution in [0.25, 0.3) is 5.69 Å². The molecule has 2 rings (SSSR count). The first-order valence-corrected chi connectivity index (χ1v) is 9.22. The average molecular weight is 494 g/mol. The lowest BCUT2D eigenvalue weighted by molar-refractivity contribution is -0.161. The minimum absolute atomic E-state index is 0.0217. The summed E-state index contributed by atoms with van der Waals surface area (Å²) in [7, 11) is 0. The van der Waals surface area contributed by atoms with E-state index in [2.05, 4.69) is 6.58 Å². The Balaban J connectivity index is 2.59. The number of ether oxygens (including phenoxy) is 2. The lowest BCUT2D eigenvalue weighted by Crippen LogP contribution is -2.45. The van der Waals surface area contributed by atoms with Crippen LogP contribution >= 0.6 is 11.6 Å². The van der Waals surface area contributed by atoms with Crippen LogP contribution in [0.1, 0.15) is 29.9 Å². The van der Waals surface area contributed by atoms with Gasteiger partial charge in [0.15, 0.2) is 5.69 Å². The molecule has 2 aromatic rings. The fourth-order valence-corrected chi connectivity index (χ4v) is 2.73. The lowest BCUT2D eigenvalue weighted by atomic mass is 10.1. The summed E-state index contributed by atoms with van der Waals surface area (Å²) in [5.74, 6) is 1.56. The Hall–Kier alpha value is -3.61. The van der Waals surface area contributed by atoms with Crippen molar-refractivity contribution in [3.05, 3.63) is 73.8 Å². The fourth-order valence-electron chi connectivity index (χ4n) is 2.50. The van der Waals surface area contributed by atoms with Crippen LogP contribution in [0.15, 0.2) is 40.4 Å². The minimum atomic E-state index is -5.15. The average Bonchev–Trinajstić information content (AvgIpc) is 2.68. The van der Waals surface area contributed by atoms with E-state index in [9.17, 15) is 36.7 Å². The maximum Gasteiger partial charge on any atom is 0.433 e. The van der Waals surface area contributed by atoms with Gasteiger partial charge in [-0.2, -0.15) is 13.2 Å². The molecule has 0 spiro atoms. The SMILES string of the molecule is C=CCOC(=O)C(C)(C)OC(=O)c1cc(-n2c(=O)cc(C(F)(F)F)n(N)c2=O)c(F)cc1Cl. The zero-order chi connectivity index (χ0) is 25.3. The molecule has 0 saturated carbocycles. The number of aromatic nitrogens is 2. The molecule has 0 amide bonds. The molecule has 2 N–H and O–H groups in total. The number of nitrogens with zero attached hydrogens (tertiary/aromatic N) is 2. The molecule has 0 atom stereocenters. The molecule has 0 saturated heterocycles. The van der Waals surface area contributed by atoms with E-state index in [1.807, 2.05) is 0 Å². The Morgan fingerprint density at radius 2 is 1.82 bits per heavy atom. The van der Waals surface area contributed by atoms with Gasteiger partial charge in [-0.15, -0.1) is 0 Å². The van der Waals surface area contributed by atoms with Crippen molar-refractivity contribution in [2.45, 2.75) is 25.6 Å². The van der Waals surface area contributed by atoms with Gasteiger partial charge in [-0.1, -0.05) is 24.3 Å². The third-order valence-corrected chi connectivity index (χ3v) is 4.41. The standard InChI is InChI=1S/C19H16ClF4N3O6/c1-4-5-32-16(30)18(2,3)33-15(29)9-6-12(11(21)7-10(9)20)26-14(28)8-13(19(22,23)24)27(25)17(26)31/h4,6-8H,1,5,25H2,2-3H3. The minimum Gasteiger partial charge on any atom is -0.459 e. The van der Waals surface area contributed by atoms with E-state index in [4.69, 9.17) is 26.9 Å². The second-order valence-electron chi connectivity index (χ2n) is 6.92. The summed E-state index contributed by atoms with van der Waals surface area (Å²) in [5.41, 5.74) is -8.48. The Morgan fingerprint density at radius 3 is 2.36 bits per heavy atom. The zero-order valence-corrected chi connectivity index (χ0v) is 17.8. The second-order valence-corrected chi connectivity index (χ2v) is 7.33. The van der Waals surface area contributed by atoms with Crippen molar-refractivity contribution in [3.8, 4) is 5.69 Å². The number of alkyl halides is 3. The van der Waals surface area contributed by atoms with Gasteiger partial charge in [0.25, 0.3) is 5.56 Å². The molecule has 14 heteroatoms. The first-order chi connectivity index (χ1) is 15.1. The molecule has 0 unspecified atom stereocenters. The van der Waals surface area contributed by atoms with Crippen molar-refractivity contribution >= 4 is 23.5 Å². The molecule has 0 fully saturated rings. The highest BCUT2D eigenvalue weighted by molar-refractivity contribution is 6.33. The Labute approximate surface area is 187 Å². The number of nitrogen functional groups attached to an aromatic ring is 1. The number of carbonyl (C=O) groups is 2. The fraction of sp³-hybridized carbons (Fsp3) is 0.263. The number of benzene rings is 1. The first kappa shape index (κ1) is 25.6. The van der Waals surface area contributed by atoms with Crippen LogP contribution in [0, 0.1) is 5.82 Å². The lowest BCUT2D eigenvalue weighted by Gasteiger charge is -2.23. The van der Waals surface area contributed by atoms with E-state index in [1.165, 1.54) is 19.9 Å². The smallest absolute Gasteiger partial charge is 0.433 e. The Bertz CT molecular complexity index is 1250. The van der Waals surface area contributed by atoms with Gasteiger partial charge in [-0.3, -0.25) is 4.79 Å². The van der Waals surface area contributed by atoms with Gasteiger partial charge in [0.2, 0.25) is 5.60 Å². The summed E-state index contributed by atoms with van der Waals surface area (Å²) in [6, 6.07) is 1.11. The van der Waals surface area contributed by atoms with Crippen LogP contribution in [-0.4, -0.2) is 33.4 Å². The summed E-state index contributed by atoms with van der Waals surface area (Å²) in [6.07, 6.45) is -3.88. The zero-order valence-electron chi connectivity index (χ0n) is 17.0.